The van der Waals surface area contributed by atoms with Gasteiger partial charge in [0.05, 0.1) is 17.2 Å². The summed E-state index contributed by atoms with van der Waals surface area (Å²) in [6.45, 7) is 4.19. The zero-order chi connectivity index (χ0) is 34.9. The highest BCUT2D eigenvalue weighted by Gasteiger charge is 2.19. The summed E-state index contributed by atoms with van der Waals surface area (Å²) in [5, 5.41) is 39.5. The summed E-state index contributed by atoms with van der Waals surface area (Å²) in [5.74, 6) is 0.476. The van der Waals surface area contributed by atoms with Gasteiger partial charge in [0.25, 0.3) is 0 Å². The molecule has 5 N–H and O–H groups in total. The largest absolute Gasteiger partial charge is 0.488 e. The maximum atomic E-state index is 11.5. The molecule has 2 aromatic heterocycles. The van der Waals surface area contributed by atoms with Gasteiger partial charge in [-0.15, -0.1) is 10.2 Å². The first-order valence-corrected chi connectivity index (χ1v) is 15.8. The van der Waals surface area contributed by atoms with Gasteiger partial charge >= 0.3 is 5.97 Å². The van der Waals surface area contributed by atoms with Crippen molar-refractivity contribution in [3.63, 3.8) is 0 Å². The topological polar surface area (TPSA) is 190 Å². The lowest BCUT2D eigenvalue weighted by Gasteiger charge is -2.19. The second-order valence-corrected chi connectivity index (χ2v) is 11.6. The van der Waals surface area contributed by atoms with E-state index in [-0.39, 0.29) is 19.8 Å². The maximum absolute atomic E-state index is 11.5. The Balaban J connectivity index is 1.40. The third-order valence-electron chi connectivity index (χ3n) is 7.96. The number of aliphatic hydroxyl groups is 1. The van der Waals surface area contributed by atoms with Crippen molar-refractivity contribution in [2.24, 2.45) is 5.73 Å². The van der Waals surface area contributed by atoms with E-state index >= 15 is 0 Å². The third-order valence-corrected chi connectivity index (χ3v) is 8.26. The summed E-state index contributed by atoms with van der Waals surface area (Å²) in [4.78, 5) is 15.5. The fourth-order valence-electron chi connectivity index (χ4n) is 5.24. The van der Waals surface area contributed by atoms with Gasteiger partial charge in [0.2, 0.25) is 11.8 Å². The minimum atomic E-state index is -1.19. The van der Waals surface area contributed by atoms with E-state index in [4.69, 9.17) is 31.2 Å². The van der Waals surface area contributed by atoms with Crippen molar-refractivity contribution in [2.75, 3.05) is 13.2 Å². The molecular weight excluding hydrogens is 648 g/mol. The lowest BCUT2D eigenvalue weighted by molar-refractivity contribution is -0.140. The molecule has 5 aromatic rings. The van der Waals surface area contributed by atoms with Crippen LogP contribution in [0, 0.1) is 25.2 Å². The molecule has 0 aliphatic rings. The number of pyridine rings is 1. The van der Waals surface area contributed by atoms with Gasteiger partial charge in [-0.2, -0.15) is 5.26 Å². The van der Waals surface area contributed by atoms with Crippen LogP contribution in [0.3, 0.4) is 0 Å². The van der Waals surface area contributed by atoms with Gasteiger partial charge < -0.3 is 29.8 Å². The van der Waals surface area contributed by atoms with Gasteiger partial charge in [-0.1, -0.05) is 41.9 Å². The standard InChI is InChI=1S/C36H35ClN6O6/c1-21-25(5-3-6-27(21)28-7-4-8-29(22(28)2)35-43-42-34(49-35)9-10-38)20-48-33-13-32(47-19-24-11-23(14-39)15-40-16-24)26(12-30(33)37)17-41-31(18-44)36(45)46/h3-8,11-13,15-16,31,41,44H,9-10,17-20,38H2,1-2H3,(H,45,46). The fourth-order valence-corrected chi connectivity index (χ4v) is 5.48. The Hall–Kier alpha value is -5.32. The van der Waals surface area contributed by atoms with Crippen LogP contribution in [0.4, 0.5) is 0 Å². The molecule has 0 saturated heterocycles. The zero-order valence-electron chi connectivity index (χ0n) is 26.9. The zero-order valence-corrected chi connectivity index (χ0v) is 27.7. The van der Waals surface area contributed by atoms with E-state index in [1.165, 1.54) is 6.20 Å². The van der Waals surface area contributed by atoms with Crippen LogP contribution in [0.1, 0.15) is 39.3 Å². The van der Waals surface area contributed by atoms with Gasteiger partial charge in [-0.3, -0.25) is 15.1 Å². The molecule has 0 saturated carbocycles. The number of aliphatic carboxylic acids is 1. The summed E-state index contributed by atoms with van der Waals surface area (Å²) >= 11 is 6.67. The highest BCUT2D eigenvalue weighted by Crippen LogP contribution is 2.36. The van der Waals surface area contributed by atoms with Crippen LogP contribution in [-0.4, -0.2) is 50.6 Å². The molecular formula is C36H35ClN6O6. The van der Waals surface area contributed by atoms with Crippen LogP contribution in [0.15, 0.2) is 71.4 Å². The Morgan fingerprint density at radius 1 is 1.00 bits per heavy atom. The quantitative estimate of drug-likeness (QED) is 0.114. The average Bonchev–Trinajstić information content (AvgIpc) is 3.56. The lowest BCUT2D eigenvalue weighted by atomic mass is 9.91. The number of carbonyl (C=O) groups is 1. The van der Waals surface area contributed by atoms with Crippen molar-refractivity contribution in [3.05, 3.63) is 111 Å². The third kappa shape index (κ3) is 8.40. The molecule has 0 fully saturated rings. The van der Waals surface area contributed by atoms with E-state index in [2.05, 4.69) is 26.6 Å². The number of rotatable bonds is 15. The van der Waals surface area contributed by atoms with E-state index in [0.717, 1.165) is 33.4 Å². The predicted octanol–water partition coefficient (Wildman–Crippen LogP) is 5.13. The van der Waals surface area contributed by atoms with Gasteiger partial charge in [-0.05, 0) is 59.9 Å². The number of hydrogen-bond acceptors (Lipinski definition) is 11. The second kappa shape index (κ2) is 16.2. The smallest absolute Gasteiger partial charge is 0.323 e. The molecule has 0 radical (unpaired) electrons. The van der Waals surface area contributed by atoms with Crippen molar-refractivity contribution in [2.45, 2.75) is 46.1 Å². The van der Waals surface area contributed by atoms with E-state index in [1.807, 2.05) is 50.2 Å². The molecule has 0 spiro atoms. The van der Waals surface area contributed by atoms with Crippen LogP contribution in [0.25, 0.3) is 22.6 Å². The minimum absolute atomic E-state index is 0.0425. The van der Waals surface area contributed by atoms with Crippen LogP contribution in [0.2, 0.25) is 5.02 Å². The molecule has 5 rings (SSSR count). The number of nitrogens with zero attached hydrogens (tertiary/aromatic N) is 4. The average molecular weight is 683 g/mol. The predicted molar refractivity (Wildman–Crippen MR) is 182 cm³/mol. The number of carboxylic acid groups (broad SMARTS) is 1. The maximum Gasteiger partial charge on any atom is 0.323 e. The Morgan fingerprint density at radius 2 is 1.73 bits per heavy atom. The first-order chi connectivity index (χ1) is 23.7. The Labute approximate surface area is 288 Å². The molecule has 13 heteroatoms. The Kier molecular flexibility index (Phi) is 11.6. The lowest BCUT2D eigenvalue weighted by Crippen LogP contribution is -2.39. The molecule has 0 amide bonds. The molecule has 49 heavy (non-hydrogen) atoms. The van der Waals surface area contributed by atoms with Crippen LogP contribution in [-0.2, 0) is 31.0 Å². The number of ether oxygens (including phenoxy) is 2. The van der Waals surface area contributed by atoms with E-state index < -0.39 is 18.6 Å². The number of aromatic nitrogens is 3. The summed E-state index contributed by atoms with van der Waals surface area (Å²) in [6, 6.07) is 17.8. The second-order valence-electron chi connectivity index (χ2n) is 11.2. The summed E-state index contributed by atoms with van der Waals surface area (Å²) < 4.78 is 18.2. The van der Waals surface area contributed by atoms with Crippen molar-refractivity contribution < 1.29 is 28.9 Å². The van der Waals surface area contributed by atoms with Crippen molar-refractivity contribution >= 4 is 17.6 Å². The monoisotopic (exact) mass is 682 g/mol. The number of nitrogens with two attached hydrogens (primary N) is 1. The SMILES string of the molecule is Cc1c(COc2cc(OCc3cncc(C#N)c3)c(CNC(CO)C(=O)O)cc2Cl)cccc1-c1cccc(-c2nnc(CCN)o2)c1C. The molecule has 0 aliphatic carbocycles. The number of aliphatic hydroxyl groups excluding tert-OH is 1. The van der Waals surface area contributed by atoms with E-state index in [0.29, 0.717) is 58.0 Å². The fraction of sp³-hybridized carbons (Fsp3) is 0.250. The van der Waals surface area contributed by atoms with Gasteiger partial charge in [0.1, 0.15) is 36.8 Å². The van der Waals surface area contributed by atoms with E-state index in [9.17, 15) is 20.3 Å². The summed E-state index contributed by atoms with van der Waals surface area (Å²) in [6.07, 6.45) is 3.55. The van der Waals surface area contributed by atoms with Gasteiger partial charge in [0, 0.05) is 54.7 Å². The van der Waals surface area contributed by atoms with Crippen LogP contribution >= 0.6 is 11.6 Å². The van der Waals surface area contributed by atoms with Crippen LogP contribution < -0.4 is 20.5 Å². The molecule has 3 aromatic carbocycles. The molecule has 252 valence electrons. The number of carboxylic acids is 1. The highest BCUT2D eigenvalue weighted by molar-refractivity contribution is 6.32. The number of halogens is 1. The number of hydrogen-bond donors (Lipinski definition) is 4. The minimum Gasteiger partial charge on any atom is -0.488 e. The van der Waals surface area contributed by atoms with Gasteiger partial charge in [-0.25, -0.2) is 0 Å². The first-order valence-electron chi connectivity index (χ1n) is 15.4. The van der Waals surface area contributed by atoms with Crippen molar-refractivity contribution in [1.29, 1.82) is 5.26 Å². The van der Waals surface area contributed by atoms with Crippen LogP contribution in [0.5, 0.6) is 11.5 Å². The first kappa shape index (κ1) is 35.0. The number of benzene rings is 3. The molecule has 0 aliphatic heterocycles. The number of nitriles is 1. The van der Waals surface area contributed by atoms with Gasteiger partial charge in [0.15, 0.2) is 0 Å². The molecule has 2 heterocycles. The normalized spacial score (nSPS) is 11.6. The molecule has 1 unspecified atom stereocenters. The highest BCUT2D eigenvalue weighted by atomic mass is 35.5. The molecule has 12 nitrogen and oxygen atoms in total. The number of nitrogens with one attached hydrogen (secondary N) is 1. The van der Waals surface area contributed by atoms with Crippen molar-refractivity contribution in [1.82, 2.24) is 20.5 Å². The summed E-state index contributed by atoms with van der Waals surface area (Å²) in [7, 11) is 0. The Bertz CT molecular complexity index is 1990. The molecule has 1 atom stereocenters. The summed E-state index contributed by atoms with van der Waals surface area (Å²) in [5.41, 5.74) is 13.0. The Morgan fingerprint density at radius 3 is 2.47 bits per heavy atom. The van der Waals surface area contributed by atoms with E-state index in [1.54, 1.807) is 24.4 Å². The van der Waals surface area contributed by atoms with Crippen molar-refractivity contribution in [3.8, 4) is 40.1 Å². The molecule has 0 bridgehead atoms.